The van der Waals surface area contributed by atoms with Crippen LogP contribution in [0.2, 0.25) is 0 Å². The van der Waals surface area contributed by atoms with Gasteiger partial charge in [0.15, 0.2) is 5.79 Å². The standard InChI is InChI=1S/C23H29N3O3S/c1-15-9-24-20(14-30-21-10-25-18-7-5-6-8-19(18)26-21)16(2)22(15)27-11-17-12-28-23(3,4)29-13-17/h5-9,17,25H,10-14H2,1-4H3. The summed E-state index contributed by atoms with van der Waals surface area (Å²) in [4.78, 5) is 9.42. The van der Waals surface area contributed by atoms with E-state index in [1.807, 2.05) is 45.2 Å². The normalized spacial score (nSPS) is 18.3. The number of para-hydroxylation sites is 2. The van der Waals surface area contributed by atoms with Crippen molar-refractivity contribution in [3.63, 3.8) is 0 Å². The highest BCUT2D eigenvalue weighted by Gasteiger charge is 2.29. The zero-order valence-corrected chi connectivity index (χ0v) is 18.8. The highest BCUT2D eigenvalue weighted by molar-refractivity contribution is 8.13. The van der Waals surface area contributed by atoms with Gasteiger partial charge in [0.25, 0.3) is 0 Å². The second-order valence-corrected chi connectivity index (χ2v) is 9.25. The molecular formula is C23H29N3O3S. The van der Waals surface area contributed by atoms with Crippen molar-refractivity contribution >= 4 is 28.2 Å². The van der Waals surface area contributed by atoms with Crippen molar-refractivity contribution in [3.05, 3.63) is 47.3 Å². The Balaban J connectivity index is 1.39. The SMILES string of the molecule is Cc1cnc(CSC2=Nc3ccccc3NC2)c(C)c1OCC1COC(C)(C)OC1. The number of fused-ring (bicyclic) bond motifs is 1. The van der Waals surface area contributed by atoms with Crippen LogP contribution in [-0.2, 0) is 15.2 Å². The molecule has 1 fully saturated rings. The molecule has 1 aromatic heterocycles. The number of hydrogen-bond donors (Lipinski definition) is 1. The molecule has 30 heavy (non-hydrogen) atoms. The number of aryl methyl sites for hydroxylation is 1. The van der Waals surface area contributed by atoms with Gasteiger partial charge in [-0.2, -0.15) is 0 Å². The molecule has 2 aliphatic heterocycles. The van der Waals surface area contributed by atoms with Crippen LogP contribution in [0, 0.1) is 19.8 Å². The maximum absolute atomic E-state index is 6.20. The van der Waals surface area contributed by atoms with Crippen molar-refractivity contribution in [2.24, 2.45) is 10.9 Å². The molecule has 0 spiro atoms. The van der Waals surface area contributed by atoms with Gasteiger partial charge in [0.2, 0.25) is 0 Å². The van der Waals surface area contributed by atoms with Gasteiger partial charge >= 0.3 is 0 Å². The molecule has 6 nitrogen and oxygen atoms in total. The van der Waals surface area contributed by atoms with Gasteiger partial charge in [-0.15, -0.1) is 11.8 Å². The van der Waals surface area contributed by atoms with E-state index in [1.54, 1.807) is 11.8 Å². The van der Waals surface area contributed by atoms with E-state index in [-0.39, 0.29) is 5.92 Å². The van der Waals surface area contributed by atoms with Crippen LogP contribution in [0.25, 0.3) is 0 Å². The Kier molecular flexibility index (Phi) is 6.32. The third-order valence-corrected chi connectivity index (χ3v) is 6.28. The molecule has 0 unspecified atom stereocenters. The molecule has 1 aromatic carbocycles. The van der Waals surface area contributed by atoms with Crippen molar-refractivity contribution in [2.75, 3.05) is 31.7 Å². The molecule has 7 heteroatoms. The van der Waals surface area contributed by atoms with Crippen molar-refractivity contribution < 1.29 is 14.2 Å². The summed E-state index contributed by atoms with van der Waals surface area (Å²) < 4.78 is 17.7. The molecule has 0 radical (unpaired) electrons. The Morgan fingerprint density at radius 1 is 1.20 bits per heavy atom. The second-order valence-electron chi connectivity index (χ2n) is 8.21. The summed E-state index contributed by atoms with van der Waals surface area (Å²) in [7, 11) is 0. The van der Waals surface area contributed by atoms with E-state index < -0.39 is 5.79 Å². The molecule has 2 aromatic rings. The van der Waals surface area contributed by atoms with Crippen molar-refractivity contribution in [3.8, 4) is 5.75 Å². The Labute approximate surface area is 182 Å². The van der Waals surface area contributed by atoms with Crippen LogP contribution in [0.4, 0.5) is 11.4 Å². The minimum Gasteiger partial charge on any atom is -0.492 e. The Bertz CT molecular complexity index is 935. The summed E-state index contributed by atoms with van der Waals surface area (Å²) in [6, 6.07) is 8.12. The van der Waals surface area contributed by atoms with Crippen LogP contribution in [0.3, 0.4) is 0 Å². The molecule has 3 heterocycles. The molecule has 0 saturated carbocycles. The molecule has 2 aliphatic rings. The first-order valence-corrected chi connectivity index (χ1v) is 11.3. The molecule has 0 amide bonds. The van der Waals surface area contributed by atoms with Crippen LogP contribution in [0.15, 0.2) is 35.5 Å². The largest absolute Gasteiger partial charge is 0.492 e. The molecule has 4 rings (SSSR count). The van der Waals surface area contributed by atoms with Crippen molar-refractivity contribution in [1.29, 1.82) is 0 Å². The molecule has 0 bridgehead atoms. The molecule has 1 N–H and O–H groups in total. The topological polar surface area (TPSA) is 65.0 Å². The summed E-state index contributed by atoms with van der Waals surface area (Å²) in [6.07, 6.45) is 1.89. The average molecular weight is 428 g/mol. The van der Waals surface area contributed by atoms with Gasteiger partial charge in [0, 0.05) is 29.0 Å². The zero-order valence-electron chi connectivity index (χ0n) is 18.0. The van der Waals surface area contributed by atoms with Crippen LogP contribution >= 0.6 is 11.8 Å². The van der Waals surface area contributed by atoms with Crippen molar-refractivity contribution in [1.82, 2.24) is 4.98 Å². The fourth-order valence-electron chi connectivity index (χ4n) is 3.45. The number of anilines is 1. The number of thioether (sulfide) groups is 1. The number of aliphatic imine (C=N–C) groups is 1. The van der Waals surface area contributed by atoms with E-state index >= 15 is 0 Å². The zero-order chi connectivity index (χ0) is 21.1. The number of pyridine rings is 1. The molecule has 1 saturated heterocycles. The maximum Gasteiger partial charge on any atom is 0.162 e. The third kappa shape index (κ3) is 4.96. The lowest BCUT2D eigenvalue weighted by atomic mass is 10.1. The van der Waals surface area contributed by atoms with Crippen LogP contribution in [0.1, 0.15) is 30.7 Å². The highest BCUT2D eigenvalue weighted by Crippen LogP contribution is 2.32. The summed E-state index contributed by atoms with van der Waals surface area (Å²) in [6.45, 7) is 10.6. The first-order chi connectivity index (χ1) is 14.4. The van der Waals surface area contributed by atoms with Gasteiger partial charge in [0.1, 0.15) is 5.75 Å². The van der Waals surface area contributed by atoms with Crippen LogP contribution < -0.4 is 10.1 Å². The van der Waals surface area contributed by atoms with Gasteiger partial charge in [-0.25, -0.2) is 4.99 Å². The fourth-order valence-corrected chi connectivity index (χ4v) is 4.38. The van der Waals surface area contributed by atoms with Crippen LogP contribution in [-0.4, -0.2) is 42.2 Å². The minimum absolute atomic E-state index is 0.227. The summed E-state index contributed by atoms with van der Waals surface area (Å²) in [5.41, 5.74) is 5.24. The molecule has 160 valence electrons. The van der Waals surface area contributed by atoms with E-state index in [9.17, 15) is 0 Å². The minimum atomic E-state index is -0.499. The smallest absolute Gasteiger partial charge is 0.162 e. The van der Waals surface area contributed by atoms with Gasteiger partial charge in [-0.05, 0) is 39.8 Å². The first kappa shape index (κ1) is 21.2. The van der Waals surface area contributed by atoms with E-state index in [0.717, 1.165) is 51.3 Å². The van der Waals surface area contributed by atoms with Gasteiger partial charge in [-0.1, -0.05) is 12.1 Å². The summed E-state index contributed by atoms with van der Waals surface area (Å²) in [5, 5.41) is 4.49. The lowest BCUT2D eigenvalue weighted by molar-refractivity contribution is -0.264. The second kappa shape index (κ2) is 8.96. The number of nitrogens with one attached hydrogen (secondary N) is 1. The quantitative estimate of drug-likeness (QED) is 0.735. The number of nitrogens with zero attached hydrogens (tertiary/aromatic N) is 2. The Hall–Kier alpha value is -2.09. The Morgan fingerprint density at radius 2 is 1.97 bits per heavy atom. The average Bonchev–Trinajstić information content (AvgIpc) is 2.74. The van der Waals surface area contributed by atoms with Crippen LogP contribution in [0.5, 0.6) is 5.75 Å². The van der Waals surface area contributed by atoms with Gasteiger partial charge in [-0.3, -0.25) is 4.98 Å². The first-order valence-electron chi connectivity index (χ1n) is 10.3. The van der Waals surface area contributed by atoms with Crippen molar-refractivity contribution in [2.45, 2.75) is 39.2 Å². The number of rotatable bonds is 5. The van der Waals surface area contributed by atoms with Gasteiger partial charge < -0.3 is 19.5 Å². The lowest BCUT2D eigenvalue weighted by Crippen LogP contribution is -2.41. The number of hydrogen-bond acceptors (Lipinski definition) is 7. The lowest BCUT2D eigenvalue weighted by Gasteiger charge is -2.34. The molecule has 0 aliphatic carbocycles. The van der Waals surface area contributed by atoms with E-state index in [1.165, 1.54) is 0 Å². The number of ether oxygens (including phenoxy) is 3. The molecular weight excluding hydrogens is 398 g/mol. The molecule has 0 atom stereocenters. The summed E-state index contributed by atoms with van der Waals surface area (Å²) >= 11 is 1.72. The van der Waals surface area contributed by atoms with E-state index in [0.29, 0.717) is 19.8 Å². The monoisotopic (exact) mass is 427 g/mol. The predicted molar refractivity (Wildman–Crippen MR) is 122 cm³/mol. The fraction of sp³-hybridized carbons (Fsp3) is 0.478. The van der Waals surface area contributed by atoms with E-state index in [4.69, 9.17) is 19.2 Å². The third-order valence-electron chi connectivity index (χ3n) is 5.30. The highest BCUT2D eigenvalue weighted by atomic mass is 32.2. The van der Waals surface area contributed by atoms with Gasteiger partial charge in [0.05, 0.1) is 48.5 Å². The summed E-state index contributed by atoms with van der Waals surface area (Å²) in [5.74, 6) is 1.40. The predicted octanol–water partition coefficient (Wildman–Crippen LogP) is 4.87. The Morgan fingerprint density at radius 3 is 2.77 bits per heavy atom. The number of aromatic nitrogens is 1. The van der Waals surface area contributed by atoms with E-state index in [2.05, 4.69) is 23.3 Å². The maximum atomic E-state index is 6.20. The number of benzene rings is 1.